The van der Waals surface area contributed by atoms with Crippen molar-refractivity contribution in [1.29, 1.82) is 0 Å². The van der Waals surface area contributed by atoms with Gasteiger partial charge in [0.2, 0.25) is 5.56 Å². The number of rotatable bonds is 7. The quantitative estimate of drug-likeness (QED) is 0.206. The van der Waals surface area contributed by atoms with E-state index in [2.05, 4.69) is 5.16 Å². The first kappa shape index (κ1) is 26.0. The van der Waals surface area contributed by atoms with Gasteiger partial charge in [0.05, 0.1) is 11.3 Å². The molecule has 11 heteroatoms. The van der Waals surface area contributed by atoms with E-state index >= 15 is 0 Å². The van der Waals surface area contributed by atoms with Crippen LogP contribution in [0.1, 0.15) is 39.4 Å². The number of alkyl halides is 3. The van der Waals surface area contributed by atoms with Gasteiger partial charge in [-0.1, -0.05) is 41.0 Å². The van der Waals surface area contributed by atoms with Crippen molar-refractivity contribution in [3.05, 3.63) is 104 Å². The highest BCUT2D eigenvalue weighted by Crippen LogP contribution is 2.35. The zero-order chi connectivity index (χ0) is 25.8. The Morgan fingerprint density at radius 1 is 1.17 bits per heavy atom. The number of pyridine rings is 1. The molecule has 6 nitrogen and oxygen atoms in total. The van der Waals surface area contributed by atoms with Crippen molar-refractivity contribution in [2.24, 2.45) is 12.2 Å². The van der Waals surface area contributed by atoms with Crippen molar-refractivity contribution in [3.63, 3.8) is 0 Å². The predicted octanol–water partition coefficient (Wildman–Crippen LogP) is 4.87. The lowest BCUT2D eigenvalue weighted by molar-refractivity contribution is -0.123. The largest absolute Gasteiger partial charge is 0.411 e. The molecule has 3 rings (SSSR count). The summed E-state index contributed by atoms with van der Waals surface area (Å²) in [5.74, 6) is -2.89. The fourth-order valence-electron chi connectivity index (χ4n) is 3.55. The maximum Gasteiger partial charge on any atom is 0.405 e. The Kier molecular flexibility index (Phi) is 7.96. The van der Waals surface area contributed by atoms with Gasteiger partial charge in [-0.3, -0.25) is 9.59 Å². The zero-order valence-electron chi connectivity index (χ0n) is 18.3. The minimum Gasteiger partial charge on any atom is -0.411 e. The second-order valence-corrected chi connectivity index (χ2v) is 8.14. The van der Waals surface area contributed by atoms with Crippen LogP contribution in [0.15, 0.2) is 70.7 Å². The predicted molar refractivity (Wildman–Crippen MR) is 123 cm³/mol. The van der Waals surface area contributed by atoms with E-state index in [4.69, 9.17) is 11.6 Å². The fourth-order valence-corrected chi connectivity index (χ4v) is 3.81. The molecule has 1 heterocycles. The van der Waals surface area contributed by atoms with Gasteiger partial charge in [0.25, 0.3) is 5.91 Å². The Morgan fingerprint density at radius 3 is 2.49 bits per heavy atom. The lowest BCUT2D eigenvalue weighted by atomic mass is 9.85. The summed E-state index contributed by atoms with van der Waals surface area (Å²) in [6, 6.07) is 13.0. The summed E-state index contributed by atoms with van der Waals surface area (Å²) in [6.45, 7) is -1.59. The maximum atomic E-state index is 14.8. The lowest BCUT2D eigenvalue weighted by Gasteiger charge is -2.21. The van der Waals surface area contributed by atoms with E-state index in [9.17, 15) is 32.4 Å². The Morgan fingerprint density at radius 2 is 1.89 bits per heavy atom. The van der Waals surface area contributed by atoms with Crippen LogP contribution >= 0.6 is 11.6 Å². The van der Waals surface area contributed by atoms with Gasteiger partial charge < -0.3 is 15.1 Å². The molecule has 0 radical (unpaired) electrons. The number of amides is 1. The van der Waals surface area contributed by atoms with Crippen LogP contribution in [-0.2, 0) is 7.05 Å². The second kappa shape index (κ2) is 10.7. The third-order valence-electron chi connectivity index (χ3n) is 5.31. The highest BCUT2D eigenvalue weighted by Gasteiger charge is 2.29. The Bertz CT molecular complexity index is 1320. The number of aryl methyl sites for hydroxylation is 1. The van der Waals surface area contributed by atoms with E-state index in [0.29, 0.717) is 21.7 Å². The van der Waals surface area contributed by atoms with Crippen LogP contribution in [0.3, 0.4) is 0 Å². The van der Waals surface area contributed by atoms with Crippen LogP contribution in [0.25, 0.3) is 0 Å². The first-order valence-electron chi connectivity index (χ1n) is 10.3. The van der Waals surface area contributed by atoms with Crippen molar-refractivity contribution >= 4 is 23.2 Å². The summed E-state index contributed by atoms with van der Waals surface area (Å²) < 4.78 is 53.3. The molecule has 3 aromatic rings. The fraction of sp³-hybridized carbons (Fsp3) is 0.208. The average Bonchev–Trinajstić information content (AvgIpc) is 2.80. The van der Waals surface area contributed by atoms with Crippen LogP contribution in [-0.4, -0.2) is 34.1 Å². The first-order chi connectivity index (χ1) is 16.5. The Hall–Kier alpha value is -3.66. The zero-order valence-corrected chi connectivity index (χ0v) is 19.1. The van der Waals surface area contributed by atoms with E-state index in [-0.39, 0.29) is 17.7 Å². The molecular formula is C24H20ClF4N3O3. The number of nitrogens with zero attached hydrogens (tertiary/aromatic N) is 2. The monoisotopic (exact) mass is 509 g/mol. The molecule has 0 aliphatic carbocycles. The number of halogens is 5. The van der Waals surface area contributed by atoms with E-state index < -0.39 is 35.9 Å². The third-order valence-corrected chi connectivity index (χ3v) is 5.65. The standard InChI is InChI=1S/C24H20ClF4N3O3/c1-32-12-15(7-9-22(32)33)21(31-35)11-18(16-4-2-3-5-19(16)25)14-6-8-17(20(26)10-14)23(34)30-13-24(27,28)29/h2-10,12,18,35H,11,13H2,1H3,(H,30,34). The summed E-state index contributed by atoms with van der Waals surface area (Å²) in [5.41, 5.74) is 0.705. The summed E-state index contributed by atoms with van der Waals surface area (Å²) in [4.78, 5) is 23.8. The van der Waals surface area contributed by atoms with E-state index in [1.54, 1.807) is 29.6 Å². The van der Waals surface area contributed by atoms with Gasteiger partial charge in [0, 0.05) is 42.2 Å². The van der Waals surface area contributed by atoms with Crippen molar-refractivity contribution < 1.29 is 27.6 Å². The molecule has 1 unspecified atom stereocenters. The topological polar surface area (TPSA) is 83.7 Å². The van der Waals surface area contributed by atoms with Gasteiger partial charge in [0.15, 0.2) is 0 Å². The number of oxime groups is 1. The summed E-state index contributed by atoms with van der Waals surface area (Å²) in [7, 11) is 1.53. The van der Waals surface area contributed by atoms with Crippen molar-refractivity contribution in [2.45, 2.75) is 18.5 Å². The van der Waals surface area contributed by atoms with Gasteiger partial charge in [-0.2, -0.15) is 13.2 Å². The van der Waals surface area contributed by atoms with Gasteiger partial charge >= 0.3 is 6.18 Å². The smallest absolute Gasteiger partial charge is 0.405 e. The minimum absolute atomic E-state index is 0.0253. The first-order valence-corrected chi connectivity index (χ1v) is 10.6. The highest BCUT2D eigenvalue weighted by molar-refractivity contribution is 6.31. The summed E-state index contributed by atoms with van der Waals surface area (Å²) >= 11 is 6.38. The summed E-state index contributed by atoms with van der Waals surface area (Å²) in [5, 5.41) is 15.0. The molecule has 0 aliphatic heterocycles. The number of hydrogen-bond acceptors (Lipinski definition) is 4. The van der Waals surface area contributed by atoms with Gasteiger partial charge in [-0.15, -0.1) is 0 Å². The molecule has 0 aliphatic rings. The van der Waals surface area contributed by atoms with Crippen LogP contribution in [0.2, 0.25) is 5.02 Å². The van der Waals surface area contributed by atoms with E-state index in [1.807, 2.05) is 0 Å². The molecule has 2 N–H and O–H groups in total. The van der Waals surface area contributed by atoms with Crippen molar-refractivity contribution in [1.82, 2.24) is 9.88 Å². The number of nitrogens with one attached hydrogen (secondary N) is 1. The molecular weight excluding hydrogens is 490 g/mol. The van der Waals surface area contributed by atoms with Crippen molar-refractivity contribution in [2.75, 3.05) is 6.54 Å². The van der Waals surface area contributed by atoms with Crippen LogP contribution in [0.4, 0.5) is 17.6 Å². The molecule has 1 amide bonds. The van der Waals surface area contributed by atoms with Gasteiger partial charge in [-0.25, -0.2) is 4.39 Å². The average molecular weight is 510 g/mol. The van der Waals surface area contributed by atoms with Gasteiger partial charge in [-0.05, 0) is 35.4 Å². The lowest BCUT2D eigenvalue weighted by Crippen LogP contribution is -2.34. The van der Waals surface area contributed by atoms with Crippen LogP contribution < -0.4 is 10.9 Å². The number of hydrogen-bond donors (Lipinski definition) is 2. The molecule has 0 spiro atoms. The Balaban J connectivity index is 2.00. The number of benzene rings is 2. The normalized spacial score (nSPS) is 12.9. The maximum absolute atomic E-state index is 14.8. The highest BCUT2D eigenvalue weighted by atomic mass is 35.5. The molecule has 1 atom stereocenters. The molecule has 0 saturated heterocycles. The molecule has 0 bridgehead atoms. The number of carbonyl (C=O) groups excluding carboxylic acids is 1. The molecule has 0 fully saturated rings. The molecule has 0 saturated carbocycles. The molecule has 184 valence electrons. The summed E-state index contributed by atoms with van der Waals surface area (Å²) in [6.07, 6.45) is -3.13. The molecule has 2 aromatic carbocycles. The van der Waals surface area contributed by atoms with Crippen molar-refractivity contribution in [3.8, 4) is 0 Å². The second-order valence-electron chi connectivity index (χ2n) is 7.73. The molecule has 35 heavy (non-hydrogen) atoms. The number of carbonyl (C=O) groups is 1. The van der Waals surface area contributed by atoms with Crippen LogP contribution in [0.5, 0.6) is 0 Å². The minimum atomic E-state index is -4.64. The van der Waals surface area contributed by atoms with E-state index in [1.165, 1.54) is 36.0 Å². The van der Waals surface area contributed by atoms with Gasteiger partial charge in [0.1, 0.15) is 12.4 Å². The number of aromatic nitrogens is 1. The van der Waals surface area contributed by atoms with Crippen LogP contribution in [0, 0.1) is 5.82 Å². The third kappa shape index (κ3) is 6.48. The molecule has 1 aromatic heterocycles. The van der Waals surface area contributed by atoms with E-state index in [0.717, 1.165) is 12.1 Å². The SMILES string of the molecule is Cn1cc(C(CC(c2ccc(C(=O)NCC(F)(F)F)c(F)c2)c2ccccc2Cl)=NO)ccc1=O. The Labute approximate surface area is 202 Å².